The zero-order chi connectivity index (χ0) is 28.9. The van der Waals surface area contributed by atoms with Crippen molar-refractivity contribution in [2.24, 2.45) is 0 Å². The summed E-state index contributed by atoms with van der Waals surface area (Å²) in [6.45, 7) is 9.38. The molecule has 2 heteroatoms. The van der Waals surface area contributed by atoms with Gasteiger partial charge in [0.05, 0.1) is 12.0 Å². The minimum Gasteiger partial charge on any atom is -0.247 e. The van der Waals surface area contributed by atoms with Crippen molar-refractivity contribution < 1.29 is 4.57 Å². The average molecular weight is 560 g/mol. The van der Waals surface area contributed by atoms with Gasteiger partial charge in [0.15, 0.2) is 0 Å². The number of H-pyrrole nitrogens is 1. The van der Waals surface area contributed by atoms with E-state index in [1.54, 1.807) is 0 Å². The molecule has 0 aliphatic carbocycles. The molecule has 0 bridgehead atoms. The van der Waals surface area contributed by atoms with Gasteiger partial charge >= 0.3 is 0 Å². The van der Waals surface area contributed by atoms with Gasteiger partial charge in [-0.05, 0) is 32.6 Å². The maximum atomic E-state index is 3.71. The first-order valence-electron chi connectivity index (χ1n) is 18.8. The SMILES string of the molecule is CCCCCCCCCCCCCCCCCCCC(CCCCCCCC)c1[nH]cc[n+]1C(C)CCCCC. The van der Waals surface area contributed by atoms with Gasteiger partial charge < -0.3 is 0 Å². The highest BCUT2D eigenvalue weighted by Crippen LogP contribution is 2.27. The topological polar surface area (TPSA) is 19.7 Å². The monoisotopic (exact) mass is 560 g/mol. The number of unbranched alkanes of at least 4 members (excludes halogenated alkanes) is 23. The van der Waals surface area contributed by atoms with Crippen molar-refractivity contribution in [1.82, 2.24) is 4.98 Å². The van der Waals surface area contributed by atoms with Crippen LogP contribution in [0.2, 0.25) is 0 Å². The van der Waals surface area contributed by atoms with Crippen molar-refractivity contribution in [3.8, 4) is 0 Å². The number of aromatic amines is 1. The predicted octanol–water partition coefficient (Wildman–Crippen LogP) is 13.3. The fraction of sp³-hybridized carbons (Fsp3) is 0.921. The van der Waals surface area contributed by atoms with Crippen LogP contribution in [0.5, 0.6) is 0 Å². The van der Waals surface area contributed by atoms with Crippen molar-refractivity contribution in [3.05, 3.63) is 18.2 Å². The lowest BCUT2D eigenvalue weighted by Gasteiger charge is -2.17. The van der Waals surface area contributed by atoms with Gasteiger partial charge in [0.25, 0.3) is 5.82 Å². The highest BCUT2D eigenvalue weighted by molar-refractivity contribution is 4.90. The number of rotatable bonds is 31. The number of hydrogen-bond donors (Lipinski definition) is 1. The summed E-state index contributed by atoms with van der Waals surface area (Å²) >= 11 is 0. The van der Waals surface area contributed by atoms with E-state index in [9.17, 15) is 0 Å². The highest BCUT2D eigenvalue weighted by atomic mass is 15.1. The summed E-state index contributed by atoms with van der Waals surface area (Å²) in [6, 6.07) is 0.621. The summed E-state index contributed by atoms with van der Waals surface area (Å²) in [7, 11) is 0. The lowest BCUT2D eigenvalue weighted by atomic mass is 9.93. The standard InChI is InChI=1S/C38H74N2/c1-5-8-11-13-15-16-17-18-19-20-21-22-23-24-25-27-30-33-37(32-29-26-14-12-9-6-2)38-39-34-35-40(38)36(4)31-28-10-7-3/h34-37H,5-33H2,1-4H3/p+1. The molecular formula is C38H75N2+. The molecule has 2 nitrogen and oxygen atoms in total. The predicted molar refractivity (Wildman–Crippen MR) is 179 cm³/mol. The van der Waals surface area contributed by atoms with E-state index >= 15 is 0 Å². The van der Waals surface area contributed by atoms with E-state index in [-0.39, 0.29) is 0 Å². The maximum absolute atomic E-state index is 3.71. The van der Waals surface area contributed by atoms with Crippen LogP contribution in [0.1, 0.15) is 232 Å². The van der Waals surface area contributed by atoms with E-state index in [1.807, 2.05) is 0 Å². The maximum Gasteiger partial charge on any atom is 0.257 e. The molecule has 0 aliphatic heterocycles. The second-order valence-electron chi connectivity index (χ2n) is 13.3. The van der Waals surface area contributed by atoms with Crippen molar-refractivity contribution in [1.29, 1.82) is 0 Å². The molecule has 2 unspecified atom stereocenters. The van der Waals surface area contributed by atoms with Gasteiger partial charge in [0, 0.05) is 0 Å². The van der Waals surface area contributed by atoms with Crippen LogP contribution >= 0.6 is 0 Å². The van der Waals surface area contributed by atoms with Gasteiger partial charge in [-0.15, -0.1) is 0 Å². The third-order valence-corrected chi connectivity index (χ3v) is 9.39. The molecule has 0 aromatic carbocycles. The van der Waals surface area contributed by atoms with Gasteiger partial charge in [-0.25, -0.2) is 9.55 Å². The molecular weight excluding hydrogens is 484 g/mol. The van der Waals surface area contributed by atoms with Crippen LogP contribution in [0.15, 0.2) is 12.4 Å². The molecule has 1 N–H and O–H groups in total. The molecule has 0 saturated heterocycles. The zero-order valence-corrected chi connectivity index (χ0v) is 28.3. The number of nitrogens with one attached hydrogen (secondary N) is 1. The first-order chi connectivity index (χ1) is 19.7. The number of imidazole rings is 1. The van der Waals surface area contributed by atoms with Gasteiger partial charge in [-0.3, -0.25) is 0 Å². The molecule has 0 radical (unpaired) electrons. The Morgan fingerprint density at radius 1 is 0.475 bits per heavy atom. The average Bonchev–Trinajstić information content (AvgIpc) is 3.45. The minimum atomic E-state index is 0.621. The molecule has 236 valence electrons. The fourth-order valence-electron chi connectivity index (χ4n) is 6.60. The number of nitrogens with zero attached hydrogens (tertiary/aromatic N) is 1. The van der Waals surface area contributed by atoms with E-state index < -0.39 is 0 Å². The van der Waals surface area contributed by atoms with E-state index in [0.717, 1.165) is 0 Å². The van der Waals surface area contributed by atoms with Crippen LogP contribution in [0.3, 0.4) is 0 Å². The Morgan fingerprint density at radius 3 is 1.20 bits per heavy atom. The molecule has 0 aliphatic rings. The Hall–Kier alpha value is -0.790. The molecule has 1 aromatic rings. The molecule has 0 fully saturated rings. The summed E-state index contributed by atoms with van der Waals surface area (Å²) in [5.74, 6) is 2.24. The molecule has 1 rings (SSSR count). The molecule has 40 heavy (non-hydrogen) atoms. The second kappa shape index (κ2) is 28.3. The minimum absolute atomic E-state index is 0.621. The second-order valence-corrected chi connectivity index (χ2v) is 13.3. The lowest BCUT2D eigenvalue weighted by Crippen LogP contribution is -2.41. The molecule has 1 heterocycles. The first kappa shape index (κ1) is 37.2. The Kier molecular flexibility index (Phi) is 26.4. The summed E-state index contributed by atoms with van der Waals surface area (Å²) in [5.41, 5.74) is 0. The summed E-state index contributed by atoms with van der Waals surface area (Å²) in [6.07, 6.45) is 45.8. The van der Waals surface area contributed by atoms with Gasteiger partial charge in [0.1, 0.15) is 12.4 Å². The quantitative estimate of drug-likeness (QED) is 0.0689. The fourth-order valence-corrected chi connectivity index (χ4v) is 6.60. The lowest BCUT2D eigenvalue weighted by molar-refractivity contribution is -0.727. The molecule has 1 aromatic heterocycles. The van der Waals surface area contributed by atoms with Crippen LogP contribution in [0.25, 0.3) is 0 Å². The summed E-state index contributed by atoms with van der Waals surface area (Å²) in [5, 5.41) is 0. The van der Waals surface area contributed by atoms with Crippen LogP contribution in [0.4, 0.5) is 0 Å². The summed E-state index contributed by atoms with van der Waals surface area (Å²) in [4.78, 5) is 3.71. The number of hydrogen-bond acceptors (Lipinski definition) is 0. The van der Waals surface area contributed by atoms with Crippen molar-refractivity contribution >= 4 is 0 Å². The largest absolute Gasteiger partial charge is 0.257 e. The Labute approximate surface area is 253 Å². The van der Waals surface area contributed by atoms with Crippen LogP contribution < -0.4 is 4.57 Å². The van der Waals surface area contributed by atoms with Gasteiger partial charge in [-0.1, -0.05) is 181 Å². The van der Waals surface area contributed by atoms with Crippen molar-refractivity contribution in [3.63, 3.8) is 0 Å². The molecule has 2 atom stereocenters. The van der Waals surface area contributed by atoms with Crippen molar-refractivity contribution in [2.75, 3.05) is 0 Å². The van der Waals surface area contributed by atoms with E-state index in [0.29, 0.717) is 12.0 Å². The third-order valence-electron chi connectivity index (χ3n) is 9.39. The molecule has 0 spiro atoms. The van der Waals surface area contributed by atoms with E-state index in [4.69, 9.17) is 0 Å². The van der Waals surface area contributed by atoms with Gasteiger partial charge in [0.2, 0.25) is 0 Å². The first-order valence-corrected chi connectivity index (χ1v) is 18.8. The van der Waals surface area contributed by atoms with Crippen molar-refractivity contribution in [2.45, 2.75) is 226 Å². The van der Waals surface area contributed by atoms with Crippen LogP contribution in [-0.4, -0.2) is 4.98 Å². The molecule has 0 saturated carbocycles. The normalized spacial score (nSPS) is 13.2. The molecule has 0 amide bonds. The number of aromatic nitrogens is 2. The van der Waals surface area contributed by atoms with Crippen LogP contribution in [0, 0.1) is 0 Å². The summed E-state index contributed by atoms with van der Waals surface area (Å²) < 4.78 is 2.60. The van der Waals surface area contributed by atoms with Crippen LogP contribution in [-0.2, 0) is 0 Å². The Balaban J connectivity index is 2.22. The third kappa shape index (κ3) is 20.1. The smallest absolute Gasteiger partial charge is 0.247 e. The van der Waals surface area contributed by atoms with E-state index in [1.165, 1.54) is 192 Å². The van der Waals surface area contributed by atoms with E-state index in [2.05, 4.69) is 49.6 Å². The van der Waals surface area contributed by atoms with Gasteiger partial charge in [-0.2, -0.15) is 0 Å². The Bertz CT molecular complexity index is 621. The Morgan fingerprint density at radius 2 is 0.800 bits per heavy atom. The highest BCUT2D eigenvalue weighted by Gasteiger charge is 2.25. The zero-order valence-electron chi connectivity index (χ0n) is 28.3.